The van der Waals surface area contributed by atoms with E-state index in [0.29, 0.717) is 24.2 Å². The number of fused-ring (bicyclic) bond motifs is 1. The number of anilines is 2. The number of hydrogen-bond acceptors (Lipinski definition) is 7. The Labute approximate surface area is 135 Å². The number of Topliss-reactive ketones (excluding diaryl/α,β-unsaturated/α-hetero) is 1. The van der Waals surface area contributed by atoms with E-state index in [1.165, 1.54) is 23.1 Å². The maximum absolute atomic E-state index is 12.3. The lowest BCUT2D eigenvalue weighted by atomic mass is 9.99. The van der Waals surface area contributed by atoms with Gasteiger partial charge >= 0.3 is 0 Å². The first-order valence-corrected chi connectivity index (χ1v) is 8.56. The predicted octanol–water partition coefficient (Wildman–Crippen LogP) is 2.44. The number of aromatic nitrogens is 2. The Kier molecular flexibility index (Phi) is 4.39. The lowest BCUT2D eigenvalue weighted by molar-refractivity contribution is -0.116. The summed E-state index contributed by atoms with van der Waals surface area (Å²) in [6.45, 7) is 0. The van der Waals surface area contributed by atoms with Crippen molar-refractivity contribution in [3.05, 3.63) is 29.3 Å². The molecule has 2 N–H and O–H groups in total. The first kappa shape index (κ1) is 15.0. The van der Waals surface area contributed by atoms with Crippen molar-refractivity contribution < 1.29 is 9.59 Å². The van der Waals surface area contributed by atoms with Gasteiger partial charge in [0.25, 0.3) is 0 Å². The molecule has 0 bridgehead atoms. The molecule has 0 radical (unpaired) electrons. The number of ketones is 1. The SMILES string of the molecule is CNc1nnc(SCC(=O)c2ccc3c(c2)CCC(=O)N3)s1. The summed E-state index contributed by atoms with van der Waals surface area (Å²) in [7, 11) is 1.78. The van der Waals surface area contributed by atoms with Gasteiger partial charge in [0.1, 0.15) is 0 Å². The largest absolute Gasteiger partial charge is 0.363 e. The molecule has 0 spiro atoms. The standard InChI is InChI=1S/C14H14N4O2S2/c1-15-13-17-18-14(22-13)21-7-11(19)9-2-4-10-8(6-9)3-5-12(20)16-10/h2,4,6H,3,5,7H2,1H3,(H,15,17)(H,16,20). The van der Waals surface area contributed by atoms with E-state index in [2.05, 4.69) is 20.8 Å². The number of carbonyl (C=O) groups excluding carboxylic acids is 2. The topological polar surface area (TPSA) is 84.0 Å². The summed E-state index contributed by atoms with van der Waals surface area (Å²) < 4.78 is 0.767. The summed E-state index contributed by atoms with van der Waals surface area (Å²) in [6.07, 6.45) is 1.15. The fraction of sp³-hybridized carbons (Fsp3) is 0.286. The van der Waals surface area contributed by atoms with Crippen LogP contribution in [0.2, 0.25) is 0 Å². The molecule has 0 atom stereocenters. The zero-order valence-electron chi connectivity index (χ0n) is 11.9. The predicted molar refractivity (Wildman–Crippen MR) is 87.9 cm³/mol. The minimum Gasteiger partial charge on any atom is -0.363 e. The molecule has 0 saturated carbocycles. The van der Waals surface area contributed by atoms with Gasteiger partial charge in [-0.25, -0.2) is 0 Å². The van der Waals surface area contributed by atoms with Crippen molar-refractivity contribution in [2.75, 3.05) is 23.4 Å². The van der Waals surface area contributed by atoms with Crippen molar-refractivity contribution in [1.29, 1.82) is 0 Å². The fourth-order valence-electron chi connectivity index (χ4n) is 2.14. The number of rotatable bonds is 5. The van der Waals surface area contributed by atoms with Crippen LogP contribution < -0.4 is 10.6 Å². The molecule has 1 aromatic carbocycles. The van der Waals surface area contributed by atoms with Crippen LogP contribution in [0.4, 0.5) is 10.8 Å². The van der Waals surface area contributed by atoms with Crippen LogP contribution in [0.3, 0.4) is 0 Å². The molecular formula is C14H14N4O2S2. The molecule has 114 valence electrons. The van der Waals surface area contributed by atoms with E-state index in [4.69, 9.17) is 0 Å². The normalized spacial score (nSPS) is 13.4. The maximum atomic E-state index is 12.3. The zero-order chi connectivity index (χ0) is 15.5. The van der Waals surface area contributed by atoms with E-state index in [-0.39, 0.29) is 11.7 Å². The van der Waals surface area contributed by atoms with Gasteiger partial charge in [0.2, 0.25) is 11.0 Å². The van der Waals surface area contributed by atoms with E-state index in [1.807, 2.05) is 6.07 Å². The fourth-order valence-corrected chi connectivity index (χ4v) is 3.74. The highest BCUT2D eigenvalue weighted by atomic mass is 32.2. The van der Waals surface area contributed by atoms with Gasteiger partial charge in [0, 0.05) is 24.7 Å². The molecule has 3 rings (SSSR count). The summed E-state index contributed by atoms with van der Waals surface area (Å²) in [5, 5.41) is 14.4. The number of thioether (sulfide) groups is 1. The molecule has 0 aliphatic carbocycles. The van der Waals surface area contributed by atoms with Crippen LogP contribution in [0.1, 0.15) is 22.3 Å². The van der Waals surface area contributed by atoms with Crippen molar-refractivity contribution in [3.8, 4) is 0 Å². The minimum absolute atomic E-state index is 0.0266. The second-order valence-electron chi connectivity index (χ2n) is 4.76. The van der Waals surface area contributed by atoms with Crippen LogP contribution in [0.25, 0.3) is 0 Å². The van der Waals surface area contributed by atoms with Gasteiger partial charge in [-0.1, -0.05) is 23.1 Å². The summed E-state index contributed by atoms with van der Waals surface area (Å²) in [5.41, 5.74) is 2.49. The summed E-state index contributed by atoms with van der Waals surface area (Å²) in [6, 6.07) is 5.43. The number of hydrogen-bond donors (Lipinski definition) is 2. The van der Waals surface area contributed by atoms with Gasteiger partial charge in [-0.05, 0) is 30.2 Å². The van der Waals surface area contributed by atoms with Gasteiger partial charge in [-0.3, -0.25) is 9.59 Å². The first-order chi connectivity index (χ1) is 10.7. The molecule has 0 unspecified atom stereocenters. The highest BCUT2D eigenvalue weighted by Gasteiger charge is 2.17. The third-order valence-corrected chi connectivity index (χ3v) is 5.34. The number of nitrogens with one attached hydrogen (secondary N) is 2. The Bertz CT molecular complexity index is 729. The number of aryl methyl sites for hydroxylation is 1. The van der Waals surface area contributed by atoms with Crippen LogP contribution in [0.15, 0.2) is 22.5 Å². The summed E-state index contributed by atoms with van der Waals surface area (Å²) in [4.78, 5) is 23.6. The Morgan fingerprint density at radius 3 is 3.05 bits per heavy atom. The average molecular weight is 334 g/mol. The summed E-state index contributed by atoms with van der Waals surface area (Å²) >= 11 is 2.81. The van der Waals surface area contributed by atoms with Gasteiger partial charge in [0.15, 0.2) is 10.1 Å². The van der Waals surface area contributed by atoms with Gasteiger partial charge in [-0.15, -0.1) is 10.2 Å². The van der Waals surface area contributed by atoms with Crippen molar-refractivity contribution in [2.24, 2.45) is 0 Å². The van der Waals surface area contributed by atoms with Crippen LogP contribution in [-0.2, 0) is 11.2 Å². The molecule has 1 aromatic heterocycles. The molecule has 0 fully saturated rings. The highest BCUT2D eigenvalue weighted by molar-refractivity contribution is 8.01. The van der Waals surface area contributed by atoms with Crippen LogP contribution >= 0.6 is 23.1 Å². The molecule has 6 nitrogen and oxygen atoms in total. The monoisotopic (exact) mass is 334 g/mol. The van der Waals surface area contributed by atoms with Crippen molar-refractivity contribution >= 4 is 45.6 Å². The maximum Gasteiger partial charge on any atom is 0.224 e. The lowest BCUT2D eigenvalue weighted by Gasteiger charge is -2.17. The molecular weight excluding hydrogens is 320 g/mol. The van der Waals surface area contributed by atoms with Gasteiger partial charge < -0.3 is 10.6 Å². The summed E-state index contributed by atoms with van der Waals surface area (Å²) in [5.74, 6) is 0.397. The van der Waals surface area contributed by atoms with Gasteiger partial charge in [0.05, 0.1) is 5.75 Å². The molecule has 8 heteroatoms. The highest BCUT2D eigenvalue weighted by Crippen LogP contribution is 2.27. The molecule has 0 saturated heterocycles. The second-order valence-corrected chi connectivity index (χ2v) is 6.96. The zero-order valence-corrected chi connectivity index (χ0v) is 13.5. The van der Waals surface area contributed by atoms with E-state index in [0.717, 1.165) is 20.7 Å². The van der Waals surface area contributed by atoms with Crippen LogP contribution in [0, 0.1) is 0 Å². The Morgan fingerprint density at radius 1 is 1.41 bits per heavy atom. The third kappa shape index (κ3) is 3.28. The molecule has 2 aromatic rings. The van der Waals surface area contributed by atoms with Crippen molar-refractivity contribution in [1.82, 2.24) is 10.2 Å². The van der Waals surface area contributed by atoms with E-state index >= 15 is 0 Å². The molecule has 22 heavy (non-hydrogen) atoms. The number of carbonyl (C=O) groups is 2. The Morgan fingerprint density at radius 2 is 2.27 bits per heavy atom. The van der Waals surface area contributed by atoms with Crippen LogP contribution in [-0.4, -0.2) is 34.7 Å². The Hall–Kier alpha value is -1.93. The minimum atomic E-state index is 0.0266. The molecule has 1 aliphatic rings. The first-order valence-electron chi connectivity index (χ1n) is 6.76. The second kappa shape index (κ2) is 6.45. The van der Waals surface area contributed by atoms with Crippen molar-refractivity contribution in [3.63, 3.8) is 0 Å². The Balaban J connectivity index is 1.66. The quantitative estimate of drug-likeness (QED) is 0.645. The van der Waals surface area contributed by atoms with E-state index in [1.54, 1.807) is 19.2 Å². The van der Waals surface area contributed by atoms with Gasteiger partial charge in [-0.2, -0.15) is 0 Å². The third-order valence-electron chi connectivity index (χ3n) is 3.27. The van der Waals surface area contributed by atoms with Crippen LogP contribution in [0.5, 0.6) is 0 Å². The number of amides is 1. The van der Waals surface area contributed by atoms with E-state index < -0.39 is 0 Å². The lowest BCUT2D eigenvalue weighted by Crippen LogP contribution is -2.19. The molecule has 1 amide bonds. The average Bonchev–Trinajstić information content (AvgIpc) is 3.00. The molecule has 2 heterocycles. The molecule has 1 aliphatic heterocycles. The smallest absolute Gasteiger partial charge is 0.224 e. The van der Waals surface area contributed by atoms with Crippen molar-refractivity contribution in [2.45, 2.75) is 17.2 Å². The number of nitrogens with zero attached hydrogens (tertiary/aromatic N) is 2. The number of benzene rings is 1. The van der Waals surface area contributed by atoms with E-state index in [9.17, 15) is 9.59 Å².